The van der Waals surface area contributed by atoms with Crippen LogP contribution in [0.4, 0.5) is 16.2 Å². The molecule has 0 spiro atoms. The van der Waals surface area contributed by atoms with Crippen molar-refractivity contribution in [3.8, 4) is 5.75 Å². The molecule has 0 aliphatic rings. The second kappa shape index (κ2) is 9.22. The van der Waals surface area contributed by atoms with Crippen LogP contribution in [-0.2, 0) is 10.0 Å². The molecule has 0 unspecified atom stereocenters. The Morgan fingerprint density at radius 3 is 2.24 bits per heavy atom. The third kappa shape index (κ3) is 5.70. The molecule has 0 atom stereocenters. The molecule has 0 heterocycles. The van der Waals surface area contributed by atoms with Gasteiger partial charge in [0.2, 0.25) is 10.0 Å². The van der Waals surface area contributed by atoms with Crippen molar-refractivity contribution in [2.45, 2.75) is 4.90 Å². The number of urea groups is 1. The monoisotopic (exact) mass is 449 g/mol. The molecule has 0 aliphatic carbocycles. The summed E-state index contributed by atoms with van der Waals surface area (Å²) in [5.74, 6) is -0.780. The molecule has 2 aromatic rings. The maximum atomic E-state index is 12.0. The fourth-order valence-electron chi connectivity index (χ4n) is 1.79. The first kappa shape index (κ1) is 23.0. The Bertz CT molecular complexity index is 931. The molecule has 2 rings (SSSR count). The van der Waals surface area contributed by atoms with Crippen molar-refractivity contribution in [3.05, 3.63) is 45.4 Å². The van der Waals surface area contributed by atoms with E-state index in [0.717, 1.165) is 0 Å². The molecule has 0 aromatic heterocycles. The van der Waals surface area contributed by atoms with Crippen LogP contribution in [0.25, 0.3) is 0 Å². The Morgan fingerprint density at radius 2 is 1.64 bits per heavy atom. The van der Waals surface area contributed by atoms with E-state index in [1.54, 1.807) is 6.07 Å². The first-order chi connectivity index (χ1) is 11.1. The van der Waals surface area contributed by atoms with Gasteiger partial charge in [-0.3, -0.25) is 0 Å². The maximum Gasteiger partial charge on any atom is 1.00 e. The number of hydrogen-bond donors (Lipinski definition) is 4. The number of nitrogens with two attached hydrogens (primary N) is 1. The van der Waals surface area contributed by atoms with Gasteiger partial charge >= 0.3 is 57.4 Å². The van der Waals surface area contributed by atoms with E-state index in [2.05, 4.69) is 10.6 Å². The van der Waals surface area contributed by atoms with Gasteiger partial charge in [-0.15, -0.1) is 0 Å². The Labute approximate surface area is 202 Å². The number of benzene rings is 2. The third-order valence-corrected chi connectivity index (χ3v) is 5.04. The first-order valence-corrected chi connectivity index (χ1v) is 8.85. The summed E-state index contributed by atoms with van der Waals surface area (Å²) in [6.07, 6.45) is 0. The number of phenols is 1. The number of rotatable bonds is 3. The first-order valence-electron chi connectivity index (χ1n) is 6.17. The number of sulfonamides is 1. The summed E-state index contributed by atoms with van der Waals surface area (Å²) in [5.41, 5.74) is 0.0147. The topological polar surface area (TPSA) is 122 Å². The molecule has 0 saturated heterocycles. The van der Waals surface area contributed by atoms with Crippen molar-refractivity contribution in [2.75, 3.05) is 10.6 Å². The zero-order valence-corrected chi connectivity index (χ0v) is 18.9. The number of phenolic OH excluding ortho intramolecular Hbond substituents is 1. The number of carbonyl (C=O) groups is 1. The molecule has 0 aliphatic heterocycles. The van der Waals surface area contributed by atoms with Crippen LogP contribution in [0.5, 0.6) is 5.75 Å². The normalized spacial score (nSPS) is 10.7. The number of nitrogens with one attached hydrogen (secondary N) is 2. The van der Waals surface area contributed by atoms with Crippen LogP contribution in [-0.4, -0.2) is 19.6 Å². The van der Waals surface area contributed by atoms with Gasteiger partial charge in [0.15, 0.2) is 5.75 Å². The Morgan fingerprint density at radius 1 is 1.04 bits per heavy atom. The van der Waals surface area contributed by atoms with Gasteiger partial charge in [-0.25, -0.2) is 18.4 Å². The number of hydrogen-bond acceptors (Lipinski definition) is 4. The van der Waals surface area contributed by atoms with Crippen molar-refractivity contribution >= 4 is 62.2 Å². The predicted molar refractivity (Wildman–Crippen MR) is 94.7 cm³/mol. The number of halogens is 3. The summed E-state index contributed by atoms with van der Waals surface area (Å²) in [5, 5.41) is 19.7. The minimum absolute atomic E-state index is 0. The van der Waals surface area contributed by atoms with Gasteiger partial charge in [0, 0.05) is 0 Å². The van der Waals surface area contributed by atoms with Crippen LogP contribution in [0.2, 0.25) is 15.1 Å². The van der Waals surface area contributed by atoms with Crippen LogP contribution in [0.1, 0.15) is 1.43 Å². The van der Waals surface area contributed by atoms with Gasteiger partial charge < -0.3 is 17.2 Å². The fourth-order valence-corrected chi connectivity index (χ4v) is 3.34. The van der Waals surface area contributed by atoms with Crippen molar-refractivity contribution in [2.24, 2.45) is 5.14 Å². The van der Waals surface area contributed by atoms with Crippen LogP contribution in [0.3, 0.4) is 0 Å². The summed E-state index contributed by atoms with van der Waals surface area (Å²) < 4.78 is 22.9. The molecule has 25 heavy (non-hydrogen) atoms. The Hall–Kier alpha value is -0.0736. The van der Waals surface area contributed by atoms with E-state index in [-0.39, 0.29) is 79.3 Å². The zero-order chi connectivity index (χ0) is 18.1. The van der Waals surface area contributed by atoms with Crippen LogP contribution >= 0.6 is 34.8 Å². The van der Waals surface area contributed by atoms with Crippen molar-refractivity contribution in [1.29, 1.82) is 0 Å². The van der Waals surface area contributed by atoms with Crippen molar-refractivity contribution in [3.63, 3.8) is 0 Å². The maximum absolute atomic E-state index is 12.0. The molecule has 5 N–H and O–H groups in total. The molecular weight excluding hydrogens is 440 g/mol. The molecular formula is C13H11Cl3KN3O4S. The van der Waals surface area contributed by atoms with Crippen molar-refractivity contribution < 1.29 is 71.1 Å². The van der Waals surface area contributed by atoms with Gasteiger partial charge in [-0.1, -0.05) is 40.9 Å². The van der Waals surface area contributed by atoms with Crippen LogP contribution < -0.4 is 67.2 Å². The second-order valence-corrected chi connectivity index (χ2v) is 7.19. The molecule has 0 bridgehead atoms. The van der Waals surface area contributed by atoms with Crippen molar-refractivity contribution in [1.82, 2.24) is 0 Å². The van der Waals surface area contributed by atoms with Gasteiger partial charge in [-0.05, 0) is 24.3 Å². The summed E-state index contributed by atoms with van der Waals surface area (Å²) in [6, 6.07) is 6.20. The third-order valence-electron chi connectivity index (χ3n) is 2.82. The van der Waals surface area contributed by atoms with E-state index in [4.69, 9.17) is 39.9 Å². The summed E-state index contributed by atoms with van der Waals surface area (Å²) in [7, 11) is -4.29. The predicted octanol–water partition coefficient (Wildman–Crippen LogP) is 0.760. The van der Waals surface area contributed by atoms with Crippen LogP contribution in [0.15, 0.2) is 35.2 Å². The summed E-state index contributed by atoms with van der Waals surface area (Å²) in [6.45, 7) is 0. The molecule has 7 nitrogen and oxygen atoms in total. The summed E-state index contributed by atoms with van der Waals surface area (Å²) in [4.78, 5) is 11.3. The molecule has 12 heteroatoms. The number of carbonyl (C=O) groups excluding carboxylic acids is 1. The SMILES string of the molecule is NS(=O)(=O)c1c(Cl)ccc(NC(=O)Nc2cccc(Cl)c2Cl)c1O.[H-].[K+]. The van der Waals surface area contributed by atoms with E-state index >= 15 is 0 Å². The number of amides is 2. The smallest absolute Gasteiger partial charge is 1.00 e. The second-order valence-electron chi connectivity index (χ2n) is 4.50. The van der Waals surface area contributed by atoms with E-state index in [9.17, 15) is 18.3 Å². The molecule has 2 amide bonds. The summed E-state index contributed by atoms with van der Waals surface area (Å²) >= 11 is 17.5. The zero-order valence-electron chi connectivity index (χ0n) is 13.7. The van der Waals surface area contributed by atoms with Crippen LogP contribution in [0, 0.1) is 0 Å². The Balaban J connectivity index is 0.00000312. The number of anilines is 2. The molecule has 0 saturated carbocycles. The van der Waals surface area contributed by atoms with E-state index in [1.165, 1.54) is 24.3 Å². The quantitative estimate of drug-likeness (QED) is 0.407. The molecule has 2 aromatic carbocycles. The average molecular weight is 451 g/mol. The van der Waals surface area contributed by atoms with Gasteiger partial charge in [0.25, 0.3) is 0 Å². The van der Waals surface area contributed by atoms with E-state index < -0.39 is 26.7 Å². The fraction of sp³-hybridized carbons (Fsp3) is 0. The number of primary sulfonamides is 1. The molecule has 0 fully saturated rings. The minimum Gasteiger partial charge on any atom is -1.00 e. The van der Waals surface area contributed by atoms with Gasteiger partial charge in [0.1, 0.15) is 4.90 Å². The van der Waals surface area contributed by atoms with E-state index in [1.807, 2.05) is 0 Å². The Kier molecular flexibility index (Phi) is 8.47. The van der Waals surface area contributed by atoms with E-state index in [0.29, 0.717) is 0 Å². The minimum atomic E-state index is -4.29. The van der Waals surface area contributed by atoms with Gasteiger partial charge in [-0.2, -0.15) is 0 Å². The van der Waals surface area contributed by atoms with Gasteiger partial charge in [0.05, 0.1) is 26.4 Å². The molecule has 130 valence electrons. The largest absolute Gasteiger partial charge is 1.00 e. The standard InChI is InChI=1S/C13H10Cl3N3O4S.K.H/c14-6-2-1-3-8(10(6)16)18-13(21)19-9-5-4-7(15)12(11(9)20)24(17,22)23;;/h1-5,20H,(H2,17,22,23)(H2,18,19,21);;/q;+1;-1. The number of aromatic hydroxyl groups is 1. The average Bonchev–Trinajstić information content (AvgIpc) is 2.45. The molecule has 0 radical (unpaired) electrons.